The van der Waals surface area contributed by atoms with Crippen LogP contribution in [-0.2, 0) is 14.9 Å². The van der Waals surface area contributed by atoms with Gasteiger partial charge in [-0.1, -0.05) is 30.3 Å². The van der Waals surface area contributed by atoms with Crippen LogP contribution in [0.2, 0.25) is 0 Å². The highest BCUT2D eigenvalue weighted by molar-refractivity contribution is 5.99. The molecule has 0 radical (unpaired) electrons. The number of amides is 1. The number of benzene rings is 1. The van der Waals surface area contributed by atoms with Crippen LogP contribution < -0.4 is 5.32 Å². The summed E-state index contributed by atoms with van der Waals surface area (Å²) in [6, 6.07) is 9.91. The molecule has 1 aliphatic rings. The fourth-order valence-electron chi connectivity index (χ4n) is 3.79. The summed E-state index contributed by atoms with van der Waals surface area (Å²) in [5, 5.41) is 7.50. The standard InChI is InChI=1S/C22H25N5O2/c1-15-16(2)26-27(17(15)3)21-23-13-19(14-24-21)25-20(28)22(9-11-29-12-10-22)18-7-5-4-6-8-18/h4-8,13-14H,9-12H2,1-3H3,(H,25,28). The number of rotatable bonds is 4. The third kappa shape index (κ3) is 3.53. The van der Waals surface area contributed by atoms with Crippen LogP contribution in [0.15, 0.2) is 42.7 Å². The number of aromatic nitrogens is 4. The highest BCUT2D eigenvalue weighted by Crippen LogP contribution is 2.36. The van der Waals surface area contributed by atoms with Crippen LogP contribution in [0.4, 0.5) is 5.69 Å². The predicted molar refractivity (Wildman–Crippen MR) is 110 cm³/mol. The lowest BCUT2D eigenvalue weighted by atomic mass is 9.73. The topological polar surface area (TPSA) is 81.9 Å². The first-order chi connectivity index (χ1) is 14.0. The normalized spacial score (nSPS) is 15.8. The van der Waals surface area contributed by atoms with Crippen molar-refractivity contribution < 1.29 is 9.53 Å². The number of anilines is 1. The van der Waals surface area contributed by atoms with Crippen molar-refractivity contribution in [1.82, 2.24) is 19.7 Å². The molecule has 1 aliphatic heterocycles. The number of carbonyl (C=O) groups is 1. The molecule has 0 unspecified atom stereocenters. The van der Waals surface area contributed by atoms with Crippen LogP contribution in [-0.4, -0.2) is 38.9 Å². The van der Waals surface area contributed by atoms with Gasteiger partial charge in [0.15, 0.2) is 0 Å². The zero-order valence-electron chi connectivity index (χ0n) is 17.0. The minimum atomic E-state index is -0.606. The Morgan fingerprint density at radius 2 is 1.72 bits per heavy atom. The number of carbonyl (C=O) groups excluding carboxylic acids is 1. The monoisotopic (exact) mass is 391 g/mol. The summed E-state index contributed by atoms with van der Waals surface area (Å²) in [6.45, 7) is 7.11. The molecule has 29 heavy (non-hydrogen) atoms. The lowest BCUT2D eigenvalue weighted by molar-refractivity contribution is -0.125. The van der Waals surface area contributed by atoms with Crippen molar-refractivity contribution in [3.05, 3.63) is 65.2 Å². The van der Waals surface area contributed by atoms with Crippen molar-refractivity contribution in [3.63, 3.8) is 0 Å². The maximum absolute atomic E-state index is 13.3. The van der Waals surface area contributed by atoms with Crippen LogP contribution in [0.25, 0.3) is 5.95 Å². The van der Waals surface area contributed by atoms with Crippen molar-refractivity contribution in [2.75, 3.05) is 18.5 Å². The molecule has 1 saturated heterocycles. The van der Waals surface area contributed by atoms with Crippen LogP contribution in [0.5, 0.6) is 0 Å². The SMILES string of the molecule is Cc1nn(-c2ncc(NC(=O)C3(c4ccccc4)CCOCC3)cn2)c(C)c1C. The molecule has 1 amide bonds. The molecule has 1 N–H and O–H groups in total. The minimum Gasteiger partial charge on any atom is -0.381 e. The van der Waals surface area contributed by atoms with Gasteiger partial charge in [-0.2, -0.15) is 5.10 Å². The van der Waals surface area contributed by atoms with E-state index >= 15 is 0 Å². The van der Waals surface area contributed by atoms with Gasteiger partial charge in [-0.3, -0.25) is 4.79 Å². The van der Waals surface area contributed by atoms with Gasteiger partial charge in [0, 0.05) is 18.9 Å². The largest absolute Gasteiger partial charge is 0.381 e. The average molecular weight is 391 g/mol. The van der Waals surface area contributed by atoms with Gasteiger partial charge >= 0.3 is 0 Å². The number of nitrogens with one attached hydrogen (secondary N) is 1. The number of hydrogen-bond donors (Lipinski definition) is 1. The Bertz CT molecular complexity index is 1010. The second-order valence-electron chi connectivity index (χ2n) is 7.49. The Balaban J connectivity index is 1.58. The smallest absolute Gasteiger partial charge is 0.250 e. The zero-order valence-corrected chi connectivity index (χ0v) is 17.0. The van der Waals surface area contributed by atoms with Gasteiger partial charge in [-0.15, -0.1) is 0 Å². The lowest BCUT2D eigenvalue weighted by Gasteiger charge is -2.36. The number of nitrogens with zero attached hydrogens (tertiary/aromatic N) is 4. The first-order valence-electron chi connectivity index (χ1n) is 9.81. The van der Waals surface area contributed by atoms with Crippen LogP contribution in [0.1, 0.15) is 35.4 Å². The summed E-state index contributed by atoms with van der Waals surface area (Å²) >= 11 is 0. The summed E-state index contributed by atoms with van der Waals surface area (Å²) in [5.41, 5.74) is 4.05. The van der Waals surface area contributed by atoms with E-state index in [1.165, 1.54) is 0 Å². The highest BCUT2D eigenvalue weighted by atomic mass is 16.5. The number of aryl methyl sites for hydroxylation is 1. The Morgan fingerprint density at radius 3 is 2.31 bits per heavy atom. The first kappa shape index (κ1) is 19.3. The molecule has 7 heteroatoms. The number of ether oxygens (including phenoxy) is 1. The van der Waals surface area contributed by atoms with Gasteiger partial charge in [0.1, 0.15) is 0 Å². The van der Waals surface area contributed by atoms with Crippen molar-refractivity contribution in [1.29, 1.82) is 0 Å². The van der Waals surface area contributed by atoms with Gasteiger partial charge in [-0.25, -0.2) is 14.6 Å². The van der Waals surface area contributed by atoms with Crippen LogP contribution in [0.3, 0.4) is 0 Å². The molecule has 0 saturated carbocycles. The zero-order chi connectivity index (χ0) is 20.4. The first-order valence-corrected chi connectivity index (χ1v) is 9.81. The Hall–Kier alpha value is -3.06. The molecule has 1 aromatic carbocycles. The molecule has 2 aromatic heterocycles. The summed E-state index contributed by atoms with van der Waals surface area (Å²) in [5.74, 6) is 0.436. The Labute approximate surface area is 170 Å². The molecule has 0 atom stereocenters. The van der Waals surface area contributed by atoms with Gasteiger partial charge in [0.25, 0.3) is 5.95 Å². The molecule has 4 rings (SSSR count). The van der Waals surface area contributed by atoms with Crippen molar-refractivity contribution >= 4 is 11.6 Å². The molecule has 0 spiro atoms. The third-order valence-electron chi connectivity index (χ3n) is 5.85. The van der Waals surface area contributed by atoms with E-state index in [-0.39, 0.29) is 5.91 Å². The van der Waals surface area contributed by atoms with Crippen LogP contribution in [0, 0.1) is 20.8 Å². The van der Waals surface area contributed by atoms with Crippen molar-refractivity contribution in [2.45, 2.75) is 39.0 Å². The summed E-state index contributed by atoms with van der Waals surface area (Å²) in [4.78, 5) is 22.1. The quantitative estimate of drug-likeness (QED) is 0.738. The van der Waals surface area contributed by atoms with E-state index in [0.29, 0.717) is 37.7 Å². The fourth-order valence-corrected chi connectivity index (χ4v) is 3.79. The van der Waals surface area contributed by atoms with E-state index < -0.39 is 5.41 Å². The van der Waals surface area contributed by atoms with Gasteiger partial charge in [0.05, 0.1) is 29.2 Å². The van der Waals surface area contributed by atoms with E-state index in [1.807, 2.05) is 51.1 Å². The number of hydrogen-bond acceptors (Lipinski definition) is 5. The predicted octanol–water partition coefficient (Wildman–Crippen LogP) is 3.27. The fraction of sp³-hybridized carbons (Fsp3) is 0.364. The average Bonchev–Trinajstić information content (AvgIpc) is 3.02. The molecule has 0 bridgehead atoms. The second-order valence-corrected chi connectivity index (χ2v) is 7.49. The Morgan fingerprint density at radius 1 is 1.07 bits per heavy atom. The summed E-state index contributed by atoms with van der Waals surface area (Å²) in [7, 11) is 0. The maximum atomic E-state index is 13.3. The summed E-state index contributed by atoms with van der Waals surface area (Å²) in [6.07, 6.45) is 4.55. The molecule has 7 nitrogen and oxygen atoms in total. The van der Waals surface area contributed by atoms with E-state index in [1.54, 1.807) is 17.1 Å². The van der Waals surface area contributed by atoms with Gasteiger partial charge in [-0.05, 0) is 44.7 Å². The molecular weight excluding hydrogens is 366 g/mol. The maximum Gasteiger partial charge on any atom is 0.250 e. The molecule has 1 fully saturated rings. The van der Waals surface area contributed by atoms with Crippen molar-refractivity contribution in [3.8, 4) is 5.95 Å². The van der Waals surface area contributed by atoms with Gasteiger partial charge < -0.3 is 10.1 Å². The van der Waals surface area contributed by atoms with Crippen molar-refractivity contribution in [2.24, 2.45) is 0 Å². The van der Waals surface area contributed by atoms with E-state index in [0.717, 1.165) is 22.5 Å². The molecule has 0 aliphatic carbocycles. The van der Waals surface area contributed by atoms with E-state index in [4.69, 9.17) is 4.74 Å². The molecular formula is C22H25N5O2. The molecule has 3 heterocycles. The molecule has 150 valence electrons. The minimum absolute atomic E-state index is 0.0506. The third-order valence-corrected chi connectivity index (χ3v) is 5.85. The summed E-state index contributed by atoms with van der Waals surface area (Å²) < 4.78 is 7.24. The van der Waals surface area contributed by atoms with E-state index in [2.05, 4.69) is 20.4 Å². The highest BCUT2D eigenvalue weighted by Gasteiger charge is 2.41. The van der Waals surface area contributed by atoms with Crippen LogP contribution >= 0.6 is 0 Å². The lowest BCUT2D eigenvalue weighted by Crippen LogP contribution is -2.44. The Kier molecular flexibility index (Phi) is 5.15. The second kappa shape index (κ2) is 7.75. The van der Waals surface area contributed by atoms with E-state index in [9.17, 15) is 4.79 Å². The molecule has 3 aromatic rings. The van der Waals surface area contributed by atoms with Gasteiger partial charge in [0.2, 0.25) is 5.91 Å².